The average Bonchev–Trinajstić information content (AvgIpc) is 2.93. The van der Waals surface area contributed by atoms with Crippen LogP contribution in [0.2, 0.25) is 0 Å². The van der Waals surface area contributed by atoms with Crippen LogP contribution in [0.3, 0.4) is 0 Å². The minimum absolute atomic E-state index is 0.523. The molecule has 0 amide bonds. The van der Waals surface area contributed by atoms with E-state index in [0.717, 1.165) is 21.8 Å². The summed E-state index contributed by atoms with van der Waals surface area (Å²) < 4.78 is 0. The van der Waals surface area contributed by atoms with Gasteiger partial charge in [-0.1, -0.05) is 24.3 Å². The molecule has 19 heavy (non-hydrogen) atoms. The number of rotatable bonds is 3. The summed E-state index contributed by atoms with van der Waals surface area (Å²) >= 11 is 1.56. The van der Waals surface area contributed by atoms with E-state index in [-0.39, 0.29) is 0 Å². The van der Waals surface area contributed by atoms with Gasteiger partial charge in [0.05, 0.1) is 10.4 Å². The molecular weight excluding hydrogens is 258 g/mol. The molecule has 1 aliphatic carbocycles. The molecule has 1 aromatic carbocycles. The number of carbonyl (C=O) groups is 1. The van der Waals surface area contributed by atoms with Gasteiger partial charge in [-0.15, -0.1) is 11.3 Å². The number of aliphatic carboxylic acids is 1. The standard InChI is InChI=1S/C15H15NO2S/c1-10-9-19-13(16-10)8-15(14(17)18)6-11-4-2-3-5-12(11)7-15/h2-5,9H,6-8H2,1H3,(H,17,18). The van der Waals surface area contributed by atoms with Gasteiger partial charge in [0.15, 0.2) is 0 Å². The van der Waals surface area contributed by atoms with Crippen LogP contribution in [0.25, 0.3) is 0 Å². The third kappa shape index (κ3) is 2.16. The maximum Gasteiger partial charge on any atom is 0.310 e. The summed E-state index contributed by atoms with van der Waals surface area (Å²) in [5, 5.41) is 12.6. The van der Waals surface area contributed by atoms with Gasteiger partial charge in [0.2, 0.25) is 0 Å². The van der Waals surface area contributed by atoms with Crippen molar-refractivity contribution in [2.24, 2.45) is 5.41 Å². The van der Waals surface area contributed by atoms with Crippen molar-refractivity contribution in [1.82, 2.24) is 4.98 Å². The van der Waals surface area contributed by atoms with Gasteiger partial charge >= 0.3 is 5.97 Å². The minimum Gasteiger partial charge on any atom is -0.481 e. The molecular formula is C15H15NO2S. The molecule has 3 nitrogen and oxygen atoms in total. The van der Waals surface area contributed by atoms with Crippen molar-refractivity contribution < 1.29 is 9.90 Å². The summed E-state index contributed by atoms with van der Waals surface area (Å²) in [6.45, 7) is 1.94. The summed E-state index contributed by atoms with van der Waals surface area (Å²) in [6, 6.07) is 8.02. The third-order valence-electron chi connectivity index (χ3n) is 3.79. The van der Waals surface area contributed by atoms with Gasteiger partial charge in [-0.05, 0) is 30.9 Å². The summed E-state index contributed by atoms with van der Waals surface area (Å²) in [7, 11) is 0. The van der Waals surface area contributed by atoms with Crippen LogP contribution in [0.5, 0.6) is 0 Å². The van der Waals surface area contributed by atoms with Crippen molar-refractivity contribution >= 4 is 17.3 Å². The molecule has 1 aliphatic rings. The van der Waals surface area contributed by atoms with Crippen molar-refractivity contribution in [2.75, 3.05) is 0 Å². The van der Waals surface area contributed by atoms with Gasteiger partial charge < -0.3 is 5.11 Å². The first-order chi connectivity index (χ1) is 9.09. The molecule has 0 saturated heterocycles. The maximum absolute atomic E-state index is 11.8. The number of benzene rings is 1. The van der Waals surface area contributed by atoms with E-state index in [1.165, 1.54) is 0 Å². The number of hydrogen-bond acceptors (Lipinski definition) is 3. The SMILES string of the molecule is Cc1csc(CC2(C(=O)O)Cc3ccccc3C2)n1. The zero-order chi connectivity index (χ0) is 13.5. The Morgan fingerprint density at radius 1 is 1.37 bits per heavy atom. The Hall–Kier alpha value is -1.68. The first-order valence-electron chi connectivity index (χ1n) is 6.30. The molecule has 98 valence electrons. The van der Waals surface area contributed by atoms with E-state index in [4.69, 9.17) is 0 Å². The zero-order valence-corrected chi connectivity index (χ0v) is 11.5. The highest BCUT2D eigenvalue weighted by Crippen LogP contribution is 2.40. The fourth-order valence-corrected chi connectivity index (χ4v) is 3.73. The van der Waals surface area contributed by atoms with E-state index < -0.39 is 11.4 Å². The van der Waals surface area contributed by atoms with Gasteiger partial charge in [-0.2, -0.15) is 0 Å². The highest BCUT2D eigenvalue weighted by molar-refractivity contribution is 7.09. The van der Waals surface area contributed by atoms with E-state index >= 15 is 0 Å². The number of nitrogens with zero attached hydrogens (tertiary/aromatic N) is 1. The quantitative estimate of drug-likeness (QED) is 0.935. The van der Waals surface area contributed by atoms with Crippen LogP contribution >= 0.6 is 11.3 Å². The third-order valence-corrected chi connectivity index (χ3v) is 4.75. The number of carboxylic acid groups (broad SMARTS) is 1. The molecule has 0 aliphatic heterocycles. The zero-order valence-electron chi connectivity index (χ0n) is 10.7. The lowest BCUT2D eigenvalue weighted by atomic mass is 9.81. The highest BCUT2D eigenvalue weighted by Gasteiger charge is 2.44. The average molecular weight is 273 g/mol. The van der Waals surface area contributed by atoms with E-state index in [1.54, 1.807) is 11.3 Å². The van der Waals surface area contributed by atoms with Crippen LogP contribution in [0.15, 0.2) is 29.6 Å². The lowest BCUT2D eigenvalue weighted by Crippen LogP contribution is -2.34. The molecule has 0 atom stereocenters. The fraction of sp³-hybridized carbons (Fsp3) is 0.333. The first-order valence-corrected chi connectivity index (χ1v) is 7.18. The molecule has 1 aromatic heterocycles. The number of carboxylic acids is 1. The molecule has 0 unspecified atom stereocenters. The van der Waals surface area contributed by atoms with Crippen molar-refractivity contribution in [3.8, 4) is 0 Å². The van der Waals surface area contributed by atoms with E-state index in [2.05, 4.69) is 4.98 Å². The second kappa shape index (κ2) is 4.46. The van der Waals surface area contributed by atoms with Gasteiger partial charge in [0, 0.05) is 17.5 Å². The Morgan fingerprint density at radius 2 is 2.00 bits per heavy atom. The summed E-state index contributed by atoms with van der Waals surface area (Å²) in [5.74, 6) is -0.712. The van der Waals surface area contributed by atoms with Crippen LogP contribution in [0.4, 0.5) is 0 Å². The molecule has 0 saturated carbocycles. The summed E-state index contributed by atoms with van der Waals surface area (Å²) in [4.78, 5) is 16.2. The van der Waals surface area contributed by atoms with Gasteiger partial charge in [-0.3, -0.25) is 4.79 Å². The number of aryl methyl sites for hydroxylation is 1. The van der Waals surface area contributed by atoms with Crippen LogP contribution in [0.1, 0.15) is 21.8 Å². The van der Waals surface area contributed by atoms with E-state index in [0.29, 0.717) is 19.3 Å². The Bertz CT molecular complexity index is 608. The molecule has 4 heteroatoms. The van der Waals surface area contributed by atoms with Gasteiger partial charge in [0.1, 0.15) is 0 Å². The number of fused-ring (bicyclic) bond motifs is 1. The van der Waals surface area contributed by atoms with Crippen molar-refractivity contribution in [1.29, 1.82) is 0 Å². The van der Waals surface area contributed by atoms with E-state index in [1.807, 2.05) is 36.6 Å². The Labute approximate surface area is 115 Å². The molecule has 3 rings (SSSR count). The lowest BCUT2D eigenvalue weighted by molar-refractivity contribution is -0.148. The number of aromatic nitrogens is 1. The van der Waals surface area contributed by atoms with Crippen LogP contribution in [-0.2, 0) is 24.1 Å². The smallest absolute Gasteiger partial charge is 0.310 e. The lowest BCUT2D eigenvalue weighted by Gasteiger charge is -2.22. The van der Waals surface area contributed by atoms with Crippen LogP contribution in [-0.4, -0.2) is 16.1 Å². The monoisotopic (exact) mass is 273 g/mol. The second-order valence-corrected chi connectivity index (χ2v) is 6.21. The predicted octanol–water partition coefficient (Wildman–Crippen LogP) is 2.86. The molecule has 0 radical (unpaired) electrons. The van der Waals surface area contributed by atoms with Crippen molar-refractivity contribution in [3.63, 3.8) is 0 Å². The topological polar surface area (TPSA) is 50.2 Å². The molecule has 2 aromatic rings. The normalized spacial score (nSPS) is 16.3. The van der Waals surface area contributed by atoms with Crippen LogP contribution in [0, 0.1) is 12.3 Å². The Kier molecular flexibility index (Phi) is 2.90. The first kappa shape index (κ1) is 12.4. The van der Waals surface area contributed by atoms with Gasteiger partial charge in [0.25, 0.3) is 0 Å². The van der Waals surface area contributed by atoms with Crippen molar-refractivity contribution in [3.05, 3.63) is 51.5 Å². The largest absolute Gasteiger partial charge is 0.481 e. The van der Waals surface area contributed by atoms with Crippen molar-refractivity contribution in [2.45, 2.75) is 26.2 Å². The minimum atomic E-state index is -0.714. The summed E-state index contributed by atoms with van der Waals surface area (Å²) in [6.07, 6.45) is 1.74. The Balaban J connectivity index is 1.93. The van der Waals surface area contributed by atoms with E-state index in [9.17, 15) is 9.90 Å². The number of thiazole rings is 1. The van der Waals surface area contributed by atoms with Gasteiger partial charge in [-0.25, -0.2) is 4.98 Å². The molecule has 0 fully saturated rings. The number of hydrogen-bond donors (Lipinski definition) is 1. The molecule has 0 bridgehead atoms. The Morgan fingerprint density at radius 3 is 2.47 bits per heavy atom. The maximum atomic E-state index is 11.8. The second-order valence-electron chi connectivity index (χ2n) is 5.27. The highest BCUT2D eigenvalue weighted by atomic mass is 32.1. The molecule has 0 spiro atoms. The summed E-state index contributed by atoms with van der Waals surface area (Å²) in [5.41, 5.74) is 2.58. The predicted molar refractivity (Wildman–Crippen MR) is 74.5 cm³/mol. The fourth-order valence-electron chi connectivity index (χ4n) is 2.82. The molecule has 1 N–H and O–H groups in total. The molecule has 1 heterocycles. The van der Waals surface area contributed by atoms with Crippen LogP contribution < -0.4 is 0 Å².